The van der Waals surface area contributed by atoms with E-state index in [0.29, 0.717) is 17.3 Å². The maximum absolute atomic E-state index is 12.3. The zero-order chi connectivity index (χ0) is 16.7. The largest absolute Gasteiger partial charge is 0.345 e. The highest BCUT2D eigenvalue weighted by Gasteiger charge is 2.25. The van der Waals surface area contributed by atoms with Crippen LogP contribution >= 0.6 is 0 Å². The smallest absolute Gasteiger partial charge is 0.254 e. The van der Waals surface area contributed by atoms with Crippen molar-refractivity contribution in [1.82, 2.24) is 25.2 Å². The van der Waals surface area contributed by atoms with Gasteiger partial charge in [-0.3, -0.25) is 9.48 Å². The summed E-state index contributed by atoms with van der Waals surface area (Å²) < 4.78 is 6.66. The molecule has 4 rings (SSSR count). The van der Waals surface area contributed by atoms with Crippen molar-refractivity contribution in [2.75, 3.05) is 0 Å². The minimum absolute atomic E-state index is 0.0220. The van der Waals surface area contributed by atoms with Gasteiger partial charge in [-0.1, -0.05) is 17.3 Å². The predicted molar refractivity (Wildman–Crippen MR) is 86.2 cm³/mol. The average molecular weight is 323 g/mol. The number of amides is 1. The Morgan fingerprint density at radius 3 is 3.00 bits per heavy atom. The Balaban J connectivity index is 1.55. The first-order valence-corrected chi connectivity index (χ1v) is 7.83. The van der Waals surface area contributed by atoms with Crippen LogP contribution in [0.5, 0.6) is 0 Å². The fraction of sp³-hybridized carbons (Fsp3) is 0.294. The molecule has 1 aliphatic carbocycles. The second kappa shape index (κ2) is 5.59. The number of hydrogen-bond donors (Lipinski definition) is 1. The molecule has 0 fully saturated rings. The molecule has 0 radical (unpaired) electrons. The van der Waals surface area contributed by atoms with Crippen LogP contribution in [0.25, 0.3) is 11.4 Å². The standard InChI is InChI=1S/C17H17N5O2/c1-10-19-16(21-24-10)12-3-5-14-11(7-12)4-6-15(14)20-17(23)13-8-18-22(2)9-13/h3,5,7-9,15H,4,6H2,1-2H3,(H,20,23)/t15-/m1/s1. The highest BCUT2D eigenvalue weighted by molar-refractivity contribution is 5.94. The van der Waals surface area contributed by atoms with E-state index in [1.807, 2.05) is 12.1 Å². The molecule has 24 heavy (non-hydrogen) atoms. The van der Waals surface area contributed by atoms with Crippen molar-refractivity contribution < 1.29 is 9.32 Å². The molecule has 2 heterocycles. The molecule has 1 aliphatic rings. The molecule has 0 bridgehead atoms. The number of aromatic nitrogens is 4. The lowest BCUT2D eigenvalue weighted by atomic mass is 10.0. The van der Waals surface area contributed by atoms with Crippen LogP contribution in [0.3, 0.4) is 0 Å². The molecule has 3 aromatic rings. The second-order valence-electron chi connectivity index (χ2n) is 6.02. The van der Waals surface area contributed by atoms with Crippen molar-refractivity contribution in [3.05, 3.63) is 53.2 Å². The first kappa shape index (κ1) is 14.6. The third-order valence-electron chi connectivity index (χ3n) is 4.28. The number of carbonyl (C=O) groups excluding carboxylic acids is 1. The molecule has 0 aliphatic heterocycles. The number of carbonyl (C=O) groups is 1. The van der Waals surface area contributed by atoms with Gasteiger partial charge in [0, 0.05) is 25.7 Å². The Labute approximate surface area is 138 Å². The summed E-state index contributed by atoms with van der Waals surface area (Å²) in [5, 5.41) is 11.1. The molecule has 0 saturated heterocycles. The number of benzene rings is 1. The maximum atomic E-state index is 12.3. The molecule has 1 aromatic carbocycles. The summed E-state index contributed by atoms with van der Waals surface area (Å²) in [6.07, 6.45) is 5.09. The van der Waals surface area contributed by atoms with E-state index in [9.17, 15) is 4.79 Å². The van der Waals surface area contributed by atoms with Crippen molar-refractivity contribution in [2.45, 2.75) is 25.8 Å². The monoisotopic (exact) mass is 323 g/mol. The summed E-state index contributed by atoms with van der Waals surface area (Å²) in [4.78, 5) is 16.6. The molecule has 1 atom stereocenters. The fourth-order valence-corrected chi connectivity index (χ4v) is 3.10. The van der Waals surface area contributed by atoms with Crippen molar-refractivity contribution >= 4 is 5.91 Å². The average Bonchev–Trinajstić information content (AvgIpc) is 3.28. The molecule has 7 nitrogen and oxygen atoms in total. The first-order valence-electron chi connectivity index (χ1n) is 7.83. The highest BCUT2D eigenvalue weighted by Crippen LogP contribution is 2.33. The Morgan fingerprint density at radius 2 is 2.29 bits per heavy atom. The molecule has 1 amide bonds. The van der Waals surface area contributed by atoms with Gasteiger partial charge in [0.15, 0.2) is 0 Å². The van der Waals surface area contributed by atoms with E-state index < -0.39 is 0 Å². The maximum Gasteiger partial charge on any atom is 0.254 e. The Kier molecular flexibility index (Phi) is 3.41. The van der Waals surface area contributed by atoms with Crippen LogP contribution < -0.4 is 5.32 Å². The minimum atomic E-state index is -0.0983. The molecule has 122 valence electrons. The molecular weight excluding hydrogens is 306 g/mol. The van der Waals surface area contributed by atoms with Crippen molar-refractivity contribution in [1.29, 1.82) is 0 Å². The zero-order valence-corrected chi connectivity index (χ0v) is 13.5. The number of aryl methyl sites for hydroxylation is 3. The normalized spacial score (nSPS) is 16.2. The summed E-state index contributed by atoms with van der Waals surface area (Å²) >= 11 is 0. The number of nitrogens with one attached hydrogen (secondary N) is 1. The molecular formula is C17H17N5O2. The summed E-state index contributed by atoms with van der Waals surface area (Å²) in [7, 11) is 1.79. The van der Waals surface area contributed by atoms with Crippen molar-refractivity contribution in [2.24, 2.45) is 7.05 Å². The second-order valence-corrected chi connectivity index (χ2v) is 6.02. The predicted octanol–water partition coefficient (Wildman–Crippen LogP) is 2.20. The quantitative estimate of drug-likeness (QED) is 0.798. The van der Waals surface area contributed by atoms with E-state index in [1.54, 1.807) is 31.0 Å². The van der Waals surface area contributed by atoms with Crippen LogP contribution in [-0.4, -0.2) is 25.8 Å². The molecule has 2 aromatic heterocycles. The van der Waals surface area contributed by atoms with Crippen LogP contribution in [0.4, 0.5) is 0 Å². The number of nitrogens with zero attached hydrogens (tertiary/aromatic N) is 4. The first-order chi connectivity index (χ1) is 11.6. The third kappa shape index (κ3) is 2.58. The summed E-state index contributed by atoms with van der Waals surface area (Å²) in [5.74, 6) is 1.05. The zero-order valence-electron chi connectivity index (χ0n) is 13.5. The van der Waals surface area contributed by atoms with Crippen molar-refractivity contribution in [3.8, 4) is 11.4 Å². The summed E-state index contributed by atoms with van der Waals surface area (Å²) in [6.45, 7) is 1.77. The molecule has 0 unspecified atom stereocenters. The van der Waals surface area contributed by atoms with E-state index in [2.05, 4.69) is 26.6 Å². The van der Waals surface area contributed by atoms with E-state index >= 15 is 0 Å². The Morgan fingerprint density at radius 1 is 1.42 bits per heavy atom. The number of fused-ring (bicyclic) bond motifs is 1. The van der Waals surface area contributed by atoms with Gasteiger partial charge in [0.1, 0.15) is 0 Å². The van der Waals surface area contributed by atoms with Gasteiger partial charge in [0.2, 0.25) is 11.7 Å². The molecule has 7 heteroatoms. The van der Waals surface area contributed by atoms with Gasteiger partial charge in [-0.15, -0.1) is 0 Å². The summed E-state index contributed by atoms with van der Waals surface area (Å²) in [6, 6.07) is 6.11. The van der Waals surface area contributed by atoms with E-state index in [-0.39, 0.29) is 11.9 Å². The van der Waals surface area contributed by atoms with Crippen molar-refractivity contribution in [3.63, 3.8) is 0 Å². The van der Waals surface area contributed by atoms with Gasteiger partial charge >= 0.3 is 0 Å². The van der Waals surface area contributed by atoms with Crippen LogP contribution in [0, 0.1) is 6.92 Å². The van der Waals surface area contributed by atoms with Gasteiger partial charge in [-0.25, -0.2) is 0 Å². The fourth-order valence-electron chi connectivity index (χ4n) is 3.10. The van der Waals surface area contributed by atoms with Crippen LogP contribution in [-0.2, 0) is 13.5 Å². The van der Waals surface area contributed by atoms with Crippen LogP contribution in [0.2, 0.25) is 0 Å². The number of hydrogen-bond acceptors (Lipinski definition) is 5. The van der Waals surface area contributed by atoms with Gasteiger partial charge in [-0.05, 0) is 30.0 Å². The minimum Gasteiger partial charge on any atom is -0.345 e. The van der Waals surface area contributed by atoms with E-state index in [4.69, 9.17) is 4.52 Å². The lowest BCUT2D eigenvalue weighted by Gasteiger charge is -2.13. The molecule has 1 N–H and O–H groups in total. The molecule has 0 spiro atoms. The van der Waals surface area contributed by atoms with Gasteiger partial charge < -0.3 is 9.84 Å². The third-order valence-corrected chi connectivity index (χ3v) is 4.28. The SMILES string of the molecule is Cc1nc(-c2ccc3c(c2)CC[C@H]3NC(=O)c2cnn(C)c2)no1. The van der Waals surface area contributed by atoms with E-state index in [1.165, 1.54) is 5.56 Å². The van der Waals surface area contributed by atoms with Crippen LogP contribution in [0.1, 0.15) is 39.8 Å². The topological polar surface area (TPSA) is 85.8 Å². The molecule has 0 saturated carbocycles. The van der Waals surface area contributed by atoms with Gasteiger partial charge in [0.05, 0.1) is 17.8 Å². The van der Waals surface area contributed by atoms with Gasteiger partial charge in [-0.2, -0.15) is 10.1 Å². The highest BCUT2D eigenvalue weighted by atomic mass is 16.5. The Bertz CT molecular complexity index is 911. The lowest BCUT2D eigenvalue weighted by Crippen LogP contribution is -2.26. The van der Waals surface area contributed by atoms with E-state index in [0.717, 1.165) is 24.0 Å². The Hall–Kier alpha value is -2.96. The van der Waals surface area contributed by atoms with Gasteiger partial charge in [0.25, 0.3) is 5.91 Å². The lowest BCUT2D eigenvalue weighted by molar-refractivity contribution is 0.0936. The number of rotatable bonds is 3. The summed E-state index contributed by atoms with van der Waals surface area (Å²) in [5.41, 5.74) is 3.87. The van der Waals surface area contributed by atoms with Crippen LogP contribution in [0.15, 0.2) is 35.1 Å².